The van der Waals surface area contributed by atoms with Crippen LogP contribution in [-0.2, 0) is 0 Å². The molecule has 1 aromatic heterocycles. The summed E-state index contributed by atoms with van der Waals surface area (Å²) in [5.41, 5.74) is 4.36. The smallest absolute Gasteiger partial charge is 0.138 e. The monoisotopic (exact) mass is 311 g/mol. The predicted octanol–water partition coefficient (Wildman–Crippen LogP) is 4.17. The molecular weight excluding hydrogens is 302 g/mol. The maximum Gasteiger partial charge on any atom is 0.138 e. The number of aromatic nitrogens is 2. The third-order valence-electron chi connectivity index (χ3n) is 3.16. The number of para-hydroxylation sites is 1. The third-order valence-corrected chi connectivity index (χ3v) is 4.02. The van der Waals surface area contributed by atoms with Gasteiger partial charge in [-0.3, -0.25) is 0 Å². The molecule has 0 aliphatic carbocycles. The van der Waals surface area contributed by atoms with Gasteiger partial charge in [0.1, 0.15) is 17.4 Å². The van der Waals surface area contributed by atoms with E-state index in [1.807, 2.05) is 37.3 Å². The fraction of sp³-hybridized carbons (Fsp3) is 0.0667. The molecule has 0 amide bonds. The van der Waals surface area contributed by atoms with E-state index in [2.05, 4.69) is 32.0 Å². The van der Waals surface area contributed by atoms with Crippen LogP contribution in [-0.4, -0.2) is 9.97 Å². The number of halogens is 1. The minimum Gasteiger partial charge on any atom is -0.338 e. The van der Waals surface area contributed by atoms with Crippen LogP contribution in [0, 0.1) is 18.3 Å². The molecule has 0 radical (unpaired) electrons. The van der Waals surface area contributed by atoms with Gasteiger partial charge in [-0.1, -0.05) is 34.1 Å². The van der Waals surface area contributed by atoms with Gasteiger partial charge in [0.05, 0.1) is 11.1 Å². The van der Waals surface area contributed by atoms with Crippen LogP contribution in [0.3, 0.4) is 0 Å². The van der Waals surface area contributed by atoms with Crippen LogP contribution in [0.4, 0.5) is 0 Å². The van der Waals surface area contributed by atoms with Gasteiger partial charge < -0.3 is 4.98 Å². The highest BCUT2D eigenvalue weighted by atomic mass is 79.9. The summed E-state index contributed by atoms with van der Waals surface area (Å²) < 4.78 is 1.05. The Kier molecular flexibility index (Phi) is 2.84. The van der Waals surface area contributed by atoms with E-state index in [0.717, 1.165) is 32.5 Å². The van der Waals surface area contributed by atoms with Crippen molar-refractivity contribution in [1.29, 1.82) is 5.26 Å². The van der Waals surface area contributed by atoms with Gasteiger partial charge in [0.2, 0.25) is 0 Å². The van der Waals surface area contributed by atoms with E-state index in [9.17, 15) is 0 Å². The van der Waals surface area contributed by atoms with E-state index in [4.69, 9.17) is 5.26 Å². The van der Waals surface area contributed by atoms with Crippen molar-refractivity contribution in [2.75, 3.05) is 0 Å². The number of nitriles is 1. The van der Waals surface area contributed by atoms with Crippen LogP contribution < -0.4 is 0 Å². The van der Waals surface area contributed by atoms with Crippen LogP contribution in [0.5, 0.6) is 0 Å². The van der Waals surface area contributed by atoms with E-state index in [1.165, 1.54) is 0 Å². The summed E-state index contributed by atoms with van der Waals surface area (Å²) in [5, 5.41) is 9.10. The second kappa shape index (κ2) is 4.52. The predicted molar refractivity (Wildman–Crippen MR) is 78.7 cm³/mol. The number of nitrogens with one attached hydrogen (secondary N) is 1. The van der Waals surface area contributed by atoms with Gasteiger partial charge in [0.15, 0.2) is 0 Å². The molecule has 0 spiro atoms. The van der Waals surface area contributed by atoms with Crippen molar-refractivity contribution in [3.05, 3.63) is 52.0 Å². The average Bonchev–Trinajstić information content (AvgIpc) is 2.85. The van der Waals surface area contributed by atoms with Crippen LogP contribution in [0.25, 0.3) is 22.4 Å². The molecule has 92 valence electrons. The van der Waals surface area contributed by atoms with Crippen molar-refractivity contribution >= 4 is 27.0 Å². The van der Waals surface area contributed by atoms with E-state index in [0.29, 0.717) is 5.56 Å². The minimum atomic E-state index is 0.590. The summed E-state index contributed by atoms with van der Waals surface area (Å²) in [5.74, 6) is 0.788. The minimum absolute atomic E-state index is 0.590. The van der Waals surface area contributed by atoms with Gasteiger partial charge in [-0.25, -0.2) is 4.98 Å². The number of fused-ring (bicyclic) bond motifs is 1. The van der Waals surface area contributed by atoms with E-state index in [1.54, 1.807) is 6.07 Å². The molecule has 0 atom stereocenters. The third kappa shape index (κ3) is 1.92. The number of nitrogens with zero attached hydrogens (tertiary/aromatic N) is 2. The molecule has 19 heavy (non-hydrogen) atoms. The Bertz CT molecular complexity index is 812. The van der Waals surface area contributed by atoms with Crippen LogP contribution in [0.15, 0.2) is 40.9 Å². The first kappa shape index (κ1) is 11.9. The number of hydrogen-bond donors (Lipinski definition) is 1. The summed E-state index contributed by atoms with van der Waals surface area (Å²) >= 11 is 3.52. The maximum atomic E-state index is 9.10. The van der Waals surface area contributed by atoms with Crippen molar-refractivity contribution in [2.24, 2.45) is 0 Å². The van der Waals surface area contributed by atoms with E-state index < -0.39 is 0 Å². The quantitative estimate of drug-likeness (QED) is 0.733. The fourth-order valence-electron chi connectivity index (χ4n) is 2.11. The Hall–Kier alpha value is -2.12. The second-order valence-corrected chi connectivity index (χ2v) is 5.17. The Morgan fingerprint density at radius 2 is 2.00 bits per heavy atom. The largest absolute Gasteiger partial charge is 0.338 e. The summed E-state index contributed by atoms with van der Waals surface area (Å²) in [7, 11) is 0. The first-order chi connectivity index (χ1) is 9.20. The highest BCUT2D eigenvalue weighted by Crippen LogP contribution is 2.28. The lowest BCUT2D eigenvalue weighted by Gasteiger charge is -2.03. The molecule has 0 unspecified atom stereocenters. The van der Waals surface area contributed by atoms with Gasteiger partial charge in [-0.05, 0) is 30.7 Å². The molecular formula is C15H10BrN3. The molecule has 0 bridgehead atoms. The SMILES string of the molecule is Cc1c(Br)cccc1-c1nc2c(C#N)cccc2[nH]1. The van der Waals surface area contributed by atoms with Gasteiger partial charge in [0, 0.05) is 10.0 Å². The summed E-state index contributed by atoms with van der Waals surface area (Å²) in [6.45, 7) is 2.04. The summed E-state index contributed by atoms with van der Waals surface area (Å²) in [6.07, 6.45) is 0. The Labute approximate surface area is 119 Å². The van der Waals surface area contributed by atoms with Crippen molar-refractivity contribution in [3.63, 3.8) is 0 Å². The molecule has 3 aromatic rings. The molecule has 1 N–H and O–H groups in total. The number of H-pyrrole nitrogens is 1. The summed E-state index contributed by atoms with van der Waals surface area (Å²) in [6, 6.07) is 13.7. The molecule has 1 heterocycles. The van der Waals surface area contributed by atoms with Gasteiger partial charge in [-0.15, -0.1) is 0 Å². The number of aromatic amines is 1. The van der Waals surface area contributed by atoms with Crippen molar-refractivity contribution in [2.45, 2.75) is 6.92 Å². The molecule has 2 aromatic carbocycles. The van der Waals surface area contributed by atoms with E-state index >= 15 is 0 Å². The van der Waals surface area contributed by atoms with Crippen LogP contribution in [0.1, 0.15) is 11.1 Å². The Balaban J connectivity index is 2.27. The lowest BCUT2D eigenvalue weighted by atomic mass is 10.1. The van der Waals surface area contributed by atoms with Gasteiger partial charge >= 0.3 is 0 Å². The Morgan fingerprint density at radius 3 is 2.79 bits per heavy atom. The summed E-state index contributed by atoms with van der Waals surface area (Å²) in [4.78, 5) is 7.83. The van der Waals surface area contributed by atoms with Gasteiger partial charge in [0.25, 0.3) is 0 Å². The van der Waals surface area contributed by atoms with Crippen LogP contribution in [0.2, 0.25) is 0 Å². The zero-order chi connectivity index (χ0) is 13.4. The zero-order valence-electron chi connectivity index (χ0n) is 10.2. The maximum absolute atomic E-state index is 9.10. The van der Waals surface area contributed by atoms with Crippen molar-refractivity contribution < 1.29 is 0 Å². The fourth-order valence-corrected chi connectivity index (χ4v) is 2.48. The molecule has 3 nitrogen and oxygen atoms in total. The van der Waals surface area contributed by atoms with Gasteiger partial charge in [-0.2, -0.15) is 5.26 Å². The Morgan fingerprint density at radius 1 is 1.21 bits per heavy atom. The van der Waals surface area contributed by atoms with Crippen molar-refractivity contribution in [3.8, 4) is 17.5 Å². The zero-order valence-corrected chi connectivity index (χ0v) is 11.8. The first-order valence-corrected chi connectivity index (χ1v) is 6.64. The topological polar surface area (TPSA) is 52.5 Å². The average molecular weight is 312 g/mol. The highest BCUT2D eigenvalue weighted by molar-refractivity contribution is 9.10. The molecule has 4 heteroatoms. The van der Waals surface area contributed by atoms with Crippen molar-refractivity contribution in [1.82, 2.24) is 9.97 Å². The van der Waals surface area contributed by atoms with Crippen LogP contribution >= 0.6 is 15.9 Å². The number of benzene rings is 2. The molecule has 0 saturated heterocycles. The number of hydrogen-bond acceptors (Lipinski definition) is 2. The molecule has 0 aliphatic rings. The lowest BCUT2D eigenvalue weighted by molar-refractivity contribution is 1.30. The first-order valence-electron chi connectivity index (χ1n) is 5.85. The second-order valence-electron chi connectivity index (χ2n) is 4.31. The molecule has 0 aliphatic heterocycles. The standard InChI is InChI=1S/C15H10BrN3/c1-9-11(5-3-6-12(9)16)15-18-13-7-2-4-10(8-17)14(13)19-15/h2-7H,1H3,(H,18,19). The molecule has 3 rings (SSSR count). The highest BCUT2D eigenvalue weighted by Gasteiger charge is 2.11. The lowest BCUT2D eigenvalue weighted by Crippen LogP contribution is -1.86. The number of imidazole rings is 1. The molecule has 0 saturated carbocycles. The normalized spacial score (nSPS) is 10.6. The number of rotatable bonds is 1. The van der Waals surface area contributed by atoms with E-state index in [-0.39, 0.29) is 0 Å². The molecule has 0 fully saturated rings.